The van der Waals surface area contributed by atoms with Crippen molar-refractivity contribution in [3.05, 3.63) is 17.7 Å². The zero-order valence-electron chi connectivity index (χ0n) is 9.52. The van der Waals surface area contributed by atoms with Gasteiger partial charge in [-0.2, -0.15) is 0 Å². The zero-order valence-corrected chi connectivity index (χ0v) is 9.52. The standard InChI is InChI=1S/C12H19N3O/c16-10-5-3-6-13-12(10)11-9-4-1-2-7-15(9)8-14-11/h8,10,12-13,16H,1-7H2. The van der Waals surface area contributed by atoms with Crippen LogP contribution in [0.1, 0.15) is 43.1 Å². The molecular weight excluding hydrogens is 202 g/mol. The van der Waals surface area contributed by atoms with Crippen LogP contribution in [0.25, 0.3) is 0 Å². The van der Waals surface area contributed by atoms with Gasteiger partial charge < -0.3 is 15.0 Å². The molecule has 2 unspecified atom stereocenters. The summed E-state index contributed by atoms with van der Waals surface area (Å²) >= 11 is 0. The lowest BCUT2D eigenvalue weighted by Gasteiger charge is -2.29. The fourth-order valence-corrected chi connectivity index (χ4v) is 2.87. The number of aryl methyl sites for hydroxylation is 1. The highest BCUT2D eigenvalue weighted by atomic mass is 16.3. The van der Waals surface area contributed by atoms with Gasteiger partial charge in [0.25, 0.3) is 0 Å². The van der Waals surface area contributed by atoms with Crippen LogP contribution in [-0.4, -0.2) is 27.3 Å². The summed E-state index contributed by atoms with van der Waals surface area (Å²) in [5.41, 5.74) is 2.43. The second kappa shape index (κ2) is 4.18. The molecule has 2 aliphatic heterocycles. The zero-order chi connectivity index (χ0) is 11.0. The maximum Gasteiger partial charge on any atom is 0.0952 e. The maximum absolute atomic E-state index is 10.0. The van der Waals surface area contributed by atoms with Gasteiger partial charge in [0.05, 0.1) is 24.2 Å². The third kappa shape index (κ3) is 1.66. The number of piperidine rings is 1. The van der Waals surface area contributed by atoms with Crippen molar-refractivity contribution in [2.45, 2.75) is 50.8 Å². The molecule has 2 aliphatic rings. The first-order valence-corrected chi connectivity index (χ1v) is 6.31. The van der Waals surface area contributed by atoms with Crippen LogP contribution in [0.4, 0.5) is 0 Å². The minimum Gasteiger partial charge on any atom is -0.391 e. The molecule has 2 N–H and O–H groups in total. The van der Waals surface area contributed by atoms with Crippen molar-refractivity contribution in [2.75, 3.05) is 6.54 Å². The lowest BCUT2D eigenvalue weighted by molar-refractivity contribution is 0.0943. The van der Waals surface area contributed by atoms with Crippen molar-refractivity contribution in [1.29, 1.82) is 0 Å². The number of hydrogen-bond acceptors (Lipinski definition) is 3. The first kappa shape index (κ1) is 10.3. The van der Waals surface area contributed by atoms with E-state index in [0.29, 0.717) is 0 Å². The summed E-state index contributed by atoms with van der Waals surface area (Å²) in [4.78, 5) is 4.51. The van der Waals surface area contributed by atoms with Gasteiger partial charge in [-0.15, -0.1) is 0 Å². The number of nitrogens with zero attached hydrogens (tertiary/aromatic N) is 2. The molecule has 0 amide bonds. The SMILES string of the molecule is OC1CCCNC1c1ncn2c1CCCC2. The van der Waals surface area contributed by atoms with Crippen LogP contribution in [0.15, 0.2) is 6.33 Å². The Morgan fingerprint density at radius 3 is 3.19 bits per heavy atom. The second-order valence-corrected chi connectivity index (χ2v) is 4.87. The van der Waals surface area contributed by atoms with E-state index in [4.69, 9.17) is 0 Å². The van der Waals surface area contributed by atoms with Gasteiger partial charge in [-0.25, -0.2) is 4.98 Å². The molecule has 4 nitrogen and oxygen atoms in total. The average molecular weight is 221 g/mol. The molecule has 4 heteroatoms. The lowest BCUT2D eigenvalue weighted by Crippen LogP contribution is -2.38. The van der Waals surface area contributed by atoms with Gasteiger partial charge >= 0.3 is 0 Å². The van der Waals surface area contributed by atoms with Gasteiger partial charge in [-0.1, -0.05) is 0 Å². The molecule has 2 atom stereocenters. The first-order chi connectivity index (χ1) is 7.86. The van der Waals surface area contributed by atoms with Crippen LogP contribution in [0.3, 0.4) is 0 Å². The molecule has 0 aromatic carbocycles. The molecule has 0 radical (unpaired) electrons. The highest BCUT2D eigenvalue weighted by molar-refractivity contribution is 5.20. The molecule has 1 aromatic rings. The Bertz CT molecular complexity index is 374. The molecule has 0 bridgehead atoms. The molecule has 1 saturated heterocycles. The summed E-state index contributed by atoms with van der Waals surface area (Å²) in [7, 11) is 0. The van der Waals surface area contributed by atoms with Crippen molar-refractivity contribution in [2.24, 2.45) is 0 Å². The third-order valence-corrected chi connectivity index (χ3v) is 3.76. The van der Waals surface area contributed by atoms with Crippen molar-refractivity contribution in [3.63, 3.8) is 0 Å². The third-order valence-electron chi connectivity index (χ3n) is 3.76. The van der Waals surface area contributed by atoms with Crippen LogP contribution in [0.2, 0.25) is 0 Å². The van der Waals surface area contributed by atoms with Crippen molar-refractivity contribution < 1.29 is 5.11 Å². The van der Waals surface area contributed by atoms with Gasteiger partial charge in [-0.05, 0) is 38.6 Å². The number of imidazole rings is 1. The van der Waals surface area contributed by atoms with E-state index in [1.165, 1.54) is 18.5 Å². The van der Waals surface area contributed by atoms with E-state index in [0.717, 1.165) is 38.0 Å². The van der Waals surface area contributed by atoms with Crippen LogP contribution < -0.4 is 5.32 Å². The highest BCUT2D eigenvalue weighted by Crippen LogP contribution is 2.28. The normalized spacial score (nSPS) is 30.1. The molecule has 3 heterocycles. The van der Waals surface area contributed by atoms with E-state index in [1.807, 2.05) is 6.33 Å². The number of aromatic nitrogens is 2. The van der Waals surface area contributed by atoms with Gasteiger partial charge in [0.1, 0.15) is 0 Å². The molecular formula is C12H19N3O. The fraction of sp³-hybridized carbons (Fsp3) is 0.750. The summed E-state index contributed by atoms with van der Waals surface area (Å²) in [5.74, 6) is 0. The molecule has 16 heavy (non-hydrogen) atoms. The summed E-state index contributed by atoms with van der Waals surface area (Å²) < 4.78 is 2.25. The molecule has 0 saturated carbocycles. The monoisotopic (exact) mass is 221 g/mol. The fourth-order valence-electron chi connectivity index (χ4n) is 2.87. The van der Waals surface area contributed by atoms with Crippen LogP contribution in [0, 0.1) is 0 Å². The van der Waals surface area contributed by atoms with Gasteiger partial charge in [-0.3, -0.25) is 0 Å². The topological polar surface area (TPSA) is 50.1 Å². The Balaban J connectivity index is 1.90. The van der Waals surface area contributed by atoms with Gasteiger partial charge in [0, 0.05) is 12.2 Å². The number of nitrogens with one attached hydrogen (secondary N) is 1. The maximum atomic E-state index is 10.0. The van der Waals surface area contributed by atoms with E-state index >= 15 is 0 Å². The predicted octanol–water partition coefficient (Wildman–Crippen LogP) is 1.00. The Morgan fingerprint density at radius 2 is 2.31 bits per heavy atom. The highest BCUT2D eigenvalue weighted by Gasteiger charge is 2.29. The Morgan fingerprint density at radius 1 is 1.38 bits per heavy atom. The largest absolute Gasteiger partial charge is 0.391 e. The predicted molar refractivity (Wildman–Crippen MR) is 61.1 cm³/mol. The molecule has 0 aliphatic carbocycles. The number of aliphatic hydroxyl groups excluding tert-OH is 1. The van der Waals surface area contributed by atoms with Crippen LogP contribution >= 0.6 is 0 Å². The smallest absolute Gasteiger partial charge is 0.0952 e. The Hall–Kier alpha value is -0.870. The van der Waals surface area contributed by atoms with E-state index in [-0.39, 0.29) is 12.1 Å². The quantitative estimate of drug-likeness (QED) is 0.744. The summed E-state index contributed by atoms with van der Waals surface area (Å²) in [6.07, 6.45) is 7.24. The summed E-state index contributed by atoms with van der Waals surface area (Å²) in [6.45, 7) is 2.08. The molecule has 1 fully saturated rings. The number of fused-ring (bicyclic) bond motifs is 1. The average Bonchev–Trinajstić information content (AvgIpc) is 2.74. The first-order valence-electron chi connectivity index (χ1n) is 6.31. The van der Waals surface area contributed by atoms with E-state index in [9.17, 15) is 5.11 Å². The molecule has 1 aromatic heterocycles. The number of rotatable bonds is 1. The molecule has 0 spiro atoms. The molecule has 88 valence electrons. The van der Waals surface area contributed by atoms with Gasteiger partial charge in [0.15, 0.2) is 0 Å². The van der Waals surface area contributed by atoms with Crippen molar-refractivity contribution >= 4 is 0 Å². The Labute approximate surface area is 95.7 Å². The van der Waals surface area contributed by atoms with E-state index < -0.39 is 0 Å². The lowest BCUT2D eigenvalue weighted by atomic mass is 9.95. The van der Waals surface area contributed by atoms with Crippen molar-refractivity contribution in [1.82, 2.24) is 14.9 Å². The molecule has 3 rings (SSSR count). The number of hydrogen-bond donors (Lipinski definition) is 2. The second-order valence-electron chi connectivity index (χ2n) is 4.87. The minimum atomic E-state index is -0.268. The van der Waals surface area contributed by atoms with E-state index in [1.54, 1.807) is 0 Å². The van der Waals surface area contributed by atoms with Gasteiger partial charge in [0.2, 0.25) is 0 Å². The van der Waals surface area contributed by atoms with Crippen molar-refractivity contribution in [3.8, 4) is 0 Å². The summed E-state index contributed by atoms with van der Waals surface area (Å²) in [5, 5.41) is 13.4. The van der Waals surface area contributed by atoms with Crippen LogP contribution in [-0.2, 0) is 13.0 Å². The van der Waals surface area contributed by atoms with E-state index in [2.05, 4.69) is 14.9 Å². The summed E-state index contributed by atoms with van der Waals surface area (Å²) in [6, 6.07) is 0.0584. The number of aliphatic hydroxyl groups is 1. The van der Waals surface area contributed by atoms with Crippen LogP contribution in [0.5, 0.6) is 0 Å². The minimum absolute atomic E-state index is 0.0584. The Kier molecular flexibility index (Phi) is 2.69.